The van der Waals surface area contributed by atoms with E-state index >= 15 is 0 Å². The van der Waals surface area contributed by atoms with Gasteiger partial charge in [-0.3, -0.25) is 14.4 Å². The van der Waals surface area contributed by atoms with Gasteiger partial charge in [-0.2, -0.15) is 0 Å². The van der Waals surface area contributed by atoms with Crippen LogP contribution in [0.4, 0.5) is 0 Å². The number of ether oxygens (including phenoxy) is 5. The monoisotopic (exact) mass is 1050 g/mol. The lowest BCUT2D eigenvalue weighted by molar-refractivity contribution is -0.301. The Morgan fingerprint density at radius 1 is 0.453 bits per heavy atom. The minimum atomic E-state index is -1.92. The van der Waals surface area contributed by atoms with Gasteiger partial charge in [0.05, 0.1) is 6.61 Å². The molecule has 1 saturated heterocycles. The molecule has 0 aromatic carbocycles. The van der Waals surface area contributed by atoms with Crippen molar-refractivity contribution in [3.8, 4) is 0 Å². The average Bonchev–Trinajstić information content (AvgIpc) is 3.39. The van der Waals surface area contributed by atoms with Crippen LogP contribution in [0.1, 0.15) is 226 Å². The predicted octanol–water partition coefficient (Wildman–Crippen LogP) is 14.9. The van der Waals surface area contributed by atoms with E-state index in [-0.39, 0.29) is 25.9 Å². The van der Waals surface area contributed by atoms with Gasteiger partial charge in [-0.1, -0.05) is 195 Å². The molecule has 0 bridgehead atoms. The maximum atomic E-state index is 13.1. The van der Waals surface area contributed by atoms with Gasteiger partial charge < -0.3 is 39.0 Å². The Morgan fingerprint density at radius 3 is 1.28 bits per heavy atom. The third kappa shape index (κ3) is 40.6. The quantitative estimate of drug-likeness (QED) is 0.0228. The Balaban J connectivity index is 2.71. The van der Waals surface area contributed by atoms with Gasteiger partial charge in [0.2, 0.25) is 0 Å². The van der Waals surface area contributed by atoms with Gasteiger partial charge in [-0.15, -0.1) is 0 Å². The zero-order valence-corrected chi connectivity index (χ0v) is 46.8. The van der Waals surface area contributed by atoms with Crippen LogP contribution in [0.15, 0.2) is 97.2 Å². The third-order valence-electron chi connectivity index (χ3n) is 12.6. The van der Waals surface area contributed by atoms with Gasteiger partial charge in [0.1, 0.15) is 18.8 Å². The minimum Gasteiger partial charge on any atom is -0.479 e. The highest BCUT2D eigenvalue weighted by Crippen LogP contribution is 2.26. The summed E-state index contributed by atoms with van der Waals surface area (Å²) in [5.74, 6) is -3.18. The summed E-state index contributed by atoms with van der Waals surface area (Å²) < 4.78 is 28.4. The zero-order chi connectivity index (χ0) is 54.7. The lowest BCUT2D eigenvalue weighted by atomic mass is 9.98. The number of carbonyl (C=O) groups is 4. The van der Waals surface area contributed by atoms with Gasteiger partial charge in [-0.25, -0.2) is 4.79 Å². The molecule has 1 heterocycles. The van der Waals surface area contributed by atoms with Gasteiger partial charge in [0.15, 0.2) is 24.6 Å². The lowest BCUT2D eigenvalue weighted by Gasteiger charge is -2.40. The van der Waals surface area contributed by atoms with Crippen molar-refractivity contribution >= 4 is 23.9 Å². The first-order chi connectivity index (χ1) is 36.6. The van der Waals surface area contributed by atoms with Crippen molar-refractivity contribution in [1.82, 2.24) is 0 Å². The van der Waals surface area contributed by atoms with E-state index < -0.39 is 67.3 Å². The van der Waals surface area contributed by atoms with Crippen molar-refractivity contribution in [2.75, 3.05) is 13.2 Å². The number of aliphatic hydroxyl groups is 2. The number of allylic oxidation sites excluding steroid dienone is 16. The van der Waals surface area contributed by atoms with E-state index in [1.54, 1.807) is 0 Å². The number of hydrogen-bond acceptors (Lipinski definition) is 11. The molecule has 0 saturated carbocycles. The molecule has 1 rings (SSSR count). The smallest absolute Gasteiger partial charge is 0.335 e. The van der Waals surface area contributed by atoms with E-state index in [4.69, 9.17) is 23.7 Å². The Kier molecular flexibility index (Phi) is 46.2. The number of hydrogen-bond donors (Lipinski definition) is 3. The summed E-state index contributed by atoms with van der Waals surface area (Å²) in [5.41, 5.74) is 0. The van der Waals surface area contributed by atoms with Crippen LogP contribution in [0.2, 0.25) is 0 Å². The second-order valence-electron chi connectivity index (χ2n) is 19.5. The first-order valence-electron chi connectivity index (χ1n) is 29.2. The van der Waals surface area contributed by atoms with E-state index in [2.05, 4.69) is 118 Å². The average molecular weight is 1050 g/mol. The second kappa shape index (κ2) is 50.5. The highest BCUT2D eigenvalue weighted by atomic mass is 16.7. The number of aliphatic carboxylic acids is 1. The molecule has 0 aliphatic carbocycles. The molecule has 426 valence electrons. The molecular formula is C63H102O12. The van der Waals surface area contributed by atoms with Crippen molar-refractivity contribution in [2.45, 2.75) is 263 Å². The fraction of sp³-hybridized carbons (Fsp3) is 0.683. The van der Waals surface area contributed by atoms with Crippen LogP contribution < -0.4 is 0 Å². The predicted molar refractivity (Wildman–Crippen MR) is 303 cm³/mol. The molecule has 3 N–H and O–H groups in total. The zero-order valence-electron chi connectivity index (χ0n) is 46.8. The molecule has 75 heavy (non-hydrogen) atoms. The number of rotatable bonds is 48. The lowest BCUT2D eigenvalue weighted by Crippen LogP contribution is -2.61. The molecule has 12 heteroatoms. The third-order valence-corrected chi connectivity index (χ3v) is 12.6. The second-order valence-corrected chi connectivity index (χ2v) is 19.5. The van der Waals surface area contributed by atoms with E-state index in [0.29, 0.717) is 19.3 Å². The summed E-state index contributed by atoms with van der Waals surface area (Å²) in [6.07, 6.45) is 53.8. The SMILES string of the molecule is CC/C=C\C/C=C\C/C=C\C/C=C\CCCCCCCCC(=O)OCC(COC1OC(C(=O)O)C(O)C(O)C1OC(=O)CCCCCCC/C=C\C/C=C\CCC)OC(=O)CCCCCCC/C=C\C/C=C\CCC. The molecule has 1 aliphatic rings. The summed E-state index contributed by atoms with van der Waals surface area (Å²) >= 11 is 0. The summed E-state index contributed by atoms with van der Waals surface area (Å²) in [6.45, 7) is 5.71. The molecule has 0 aromatic heterocycles. The largest absolute Gasteiger partial charge is 0.479 e. The summed E-state index contributed by atoms with van der Waals surface area (Å²) in [5, 5.41) is 31.4. The molecule has 6 unspecified atom stereocenters. The van der Waals surface area contributed by atoms with Gasteiger partial charge in [0.25, 0.3) is 0 Å². The fourth-order valence-corrected chi connectivity index (χ4v) is 8.14. The molecule has 0 aromatic rings. The van der Waals surface area contributed by atoms with Crippen LogP contribution in [0.25, 0.3) is 0 Å². The van der Waals surface area contributed by atoms with Crippen LogP contribution in [0.3, 0.4) is 0 Å². The van der Waals surface area contributed by atoms with Gasteiger partial charge in [0, 0.05) is 19.3 Å². The van der Waals surface area contributed by atoms with Crippen molar-refractivity contribution < 1.29 is 58.2 Å². The number of carbonyl (C=O) groups excluding carboxylic acids is 3. The van der Waals surface area contributed by atoms with Crippen LogP contribution in [-0.4, -0.2) is 89.2 Å². The van der Waals surface area contributed by atoms with Crippen molar-refractivity contribution in [3.63, 3.8) is 0 Å². The fourth-order valence-electron chi connectivity index (χ4n) is 8.14. The van der Waals surface area contributed by atoms with Crippen molar-refractivity contribution in [3.05, 3.63) is 97.2 Å². The summed E-state index contributed by atoms with van der Waals surface area (Å²) in [6, 6.07) is 0. The minimum absolute atomic E-state index is 0.0370. The normalized spacial score (nSPS) is 18.9. The first kappa shape index (κ1) is 68.7. The van der Waals surface area contributed by atoms with Gasteiger partial charge >= 0.3 is 23.9 Å². The highest BCUT2D eigenvalue weighted by molar-refractivity contribution is 5.74. The van der Waals surface area contributed by atoms with Crippen LogP contribution in [-0.2, 0) is 42.9 Å². The molecule has 1 fully saturated rings. The molecular weight excluding hydrogens is 949 g/mol. The van der Waals surface area contributed by atoms with E-state index in [1.165, 1.54) is 0 Å². The standard InChI is InChI=1S/C63H102O12/c1-4-7-10-13-16-19-22-25-26-27-28-29-30-33-34-37-40-43-46-49-55(64)71-52-54(73-56(65)50-47-44-41-38-35-31-23-20-17-14-11-8-5-2)53-72-63-61(59(68)58(67)60(75-63)62(69)70)74-57(66)51-48-45-42-39-36-32-24-21-18-15-12-9-6-3/h7,10-12,14-16,19-21,23-26,28-29,54,58-61,63,67-68H,4-6,8-9,13,17-18,22,27,30-53H2,1-3H3,(H,69,70)/b10-7-,14-11-,15-12-,19-16-,23-20-,24-21-,26-25-,29-28-. The van der Waals surface area contributed by atoms with Crippen LogP contribution in [0.5, 0.6) is 0 Å². The highest BCUT2D eigenvalue weighted by Gasteiger charge is 2.50. The maximum Gasteiger partial charge on any atom is 0.335 e. The van der Waals surface area contributed by atoms with Crippen molar-refractivity contribution in [1.29, 1.82) is 0 Å². The Bertz CT molecular complexity index is 1670. The van der Waals surface area contributed by atoms with Crippen molar-refractivity contribution in [2.24, 2.45) is 0 Å². The number of carboxylic acid groups (broad SMARTS) is 1. The van der Waals surface area contributed by atoms with Gasteiger partial charge in [-0.05, 0) is 109 Å². The Morgan fingerprint density at radius 2 is 0.840 bits per heavy atom. The van der Waals surface area contributed by atoms with E-state index in [9.17, 15) is 34.5 Å². The Labute approximate surface area is 453 Å². The van der Waals surface area contributed by atoms with E-state index in [0.717, 1.165) is 167 Å². The molecule has 0 spiro atoms. The van der Waals surface area contributed by atoms with Crippen LogP contribution >= 0.6 is 0 Å². The number of unbranched alkanes of at least 4 members (excludes halogenated alkanes) is 18. The molecule has 0 amide bonds. The molecule has 12 nitrogen and oxygen atoms in total. The number of esters is 3. The topological polar surface area (TPSA) is 175 Å². The Hall–Kier alpha value is -4.36. The number of carboxylic acids is 1. The van der Waals surface area contributed by atoms with Crippen LogP contribution in [0, 0.1) is 0 Å². The maximum absolute atomic E-state index is 13.1. The summed E-state index contributed by atoms with van der Waals surface area (Å²) in [4.78, 5) is 51.1. The van der Waals surface area contributed by atoms with E-state index in [1.807, 2.05) is 0 Å². The molecule has 1 aliphatic heterocycles. The summed E-state index contributed by atoms with van der Waals surface area (Å²) in [7, 11) is 0. The number of aliphatic hydroxyl groups excluding tert-OH is 2. The molecule has 6 atom stereocenters. The molecule has 0 radical (unpaired) electrons. The first-order valence-corrected chi connectivity index (χ1v) is 29.2.